The molecule has 3 heteroatoms. The third-order valence-electron chi connectivity index (χ3n) is 4.29. The van der Waals surface area contributed by atoms with Gasteiger partial charge in [-0.2, -0.15) is 0 Å². The molecule has 19 heavy (non-hydrogen) atoms. The molecule has 0 unspecified atom stereocenters. The zero-order valence-electron chi connectivity index (χ0n) is 11.9. The van der Waals surface area contributed by atoms with E-state index in [1.54, 1.807) is 6.07 Å². The molecule has 1 fully saturated rings. The van der Waals surface area contributed by atoms with Crippen molar-refractivity contribution in [1.82, 2.24) is 5.32 Å². The van der Waals surface area contributed by atoms with Gasteiger partial charge in [0.05, 0.1) is 5.56 Å². The van der Waals surface area contributed by atoms with Gasteiger partial charge in [0, 0.05) is 11.7 Å². The Morgan fingerprint density at radius 2 is 2.00 bits per heavy atom. The van der Waals surface area contributed by atoms with E-state index in [4.69, 9.17) is 5.73 Å². The molecule has 0 spiro atoms. The molecule has 1 aliphatic rings. The number of nitrogens with two attached hydrogens (primary N) is 1. The first-order chi connectivity index (χ1) is 9.11. The number of hydrogen-bond acceptors (Lipinski definition) is 2. The molecule has 0 atom stereocenters. The Morgan fingerprint density at radius 1 is 1.32 bits per heavy atom. The van der Waals surface area contributed by atoms with Crippen LogP contribution in [0.5, 0.6) is 0 Å². The maximum absolute atomic E-state index is 12.3. The van der Waals surface area contributed by atoms with Crippen LogP contribution in [0.2, 0.25) is 0 Å². The van der Waals surface area contributed by atoms with Crippen molar-refractivity contribution >= 4 is 11.6 Å². The lowest BCUT2D eigenvalue weighted by molar-refractivity contribution is 0.0922. The molecule has 3 N–H and O–H groups in total. The quantitative estimate of drug-likeness (QED) is 0.819. The van der Waals surface area contributed by atoms with Gasteiger partial charge in [0.1, 0.15) is 0 Å². The molecule has 1 aromatic rings. The standard InChI is InChI=1S/C16H24N2O/c1-3-12-7-9-13(10-8-12)18-16(19)15-11(2)5-4-6-14(15)17/h4-6,12-13H,3,7-10,17H2,1-2H3,(H,18,19). The molecule has 0 saturated heterocycles. The summed E-state index contributed by atoms with van der Waals surface area (Å²) in [7, 11) is 0. The molecule has 0 aromatic heterocycles. The first-order valence-electron chi connectivity index (χ1n) is 7.27. The number of anilines is 1. The fourth-order valence-electron chi connectivity index (χ4n) is 2.97. The average molecular weight is 260 g/mol. The van der Waals surface area contributed by atoms with E-state index in [0.29, 0.717) is 17.3 Å². The summed E-state index contributed by atoms with van der Waals surface area (Å²) in [5.41, 5.74) is 8.06. The Hall–Kier alpha value is -1.51. The van der Waals surface area contributed by atoms with E-state index < -0.39 is 0 Å². The topological polar surface area (TPSA) is 55.1 Å². The number of rotatable bonds is 3. The second-order valence-corrected chi connectivity index (χ2v) is 5.64. The molecule has 1 aliphatic carbocycles. The summed E-state index contributed by atoms with van der Waals surface area (Å²) in [6.07, 6.45) is 5.90. The number of carbonyl (C=O) groups excluding carboxylic acids is 1. The maximum Gasteiger partial charge on any atom is 0.253 e. The molecular formula is C16H24N2O. The normalized spacial score (nSPS) is 23.1. The molecule has 104 valence electrons. The van der Waals surface area contributed by atoms with Gasteiger partial charge in [-0.1, -0.05) is 25.5 Å². The van der Waals surface area contributed by atoms with Crippen molar-refractivity contribution in [2.24, 2.45) is 5.92 Å². The van der Waals surface area contributed by atoms with E-state index in [2.05, 4.69) is 12.2 Å². The van der Waals surface area contributed by atoms with Crippen molar-refractivity contribution < 1.29 is 4.79 Å². The lowest BCUT2D eigenvalue weighted by Gasteiger charge is -2.28. The molecule has 1 saturated carbocycles. The zero-order chi connectivity index (χ0) is 13.8. The number of amides is 1. The summed E-state index contributed by atoms with van der Waals surface area (Å²) in [6, 6.07) is 5.91. The predicted molar refractivity (Wildman–Crippen MR) is 79.1 cm³/mol. The number of carbonyl (C=O) groups is 1. The number of benzene rings is 1. The van der Waals surface area contributed by atoms with Crippen LogP contribution in [0.3, 0.4) is 0 Å². The number of nitrogens with one attached hydrogen (secondary N) is 1. The Balaban J connectivity index is 1.98. The van der Waals surface area contributed by atoms with Crippen LogP contribution in [-0.2, 0) is 0 Å². The molecule has 0 bridgehead atoms. The van der Waals surface area contributed by atoms with Crippen molar-refractivity contribution in [3.8, 4) is 0 Å². The highest BCUT2D eigenvalue weighted by atomic mass is 16.1. The van der Waals surface area contributed by atoms with Crippen LogP contribution in [0, 0.1) is 12.8 Å². The first kappa shape index (κ1) is 13.9. The second kappa shape index (κ2) is 6.09. The molecule has 2 rings (SSSR count). The molecule has 3 nitrogen and oxygen atoms in total. The average Bonchev–Trinajstić information content (AvgIpc) is 2.39. The fourth-order valence-corrected chi connectivity index (χ4v) is 2.97. The smallest absolute Gasteiger partial charge is 0.253 e. The number of aryl methyl sites for hydroxylation is 1. The van der Waals surface area contributed by atoms with Crippen LogP contribution in [0.1, 0.15) is 54.9 Å². The Labute approximate surface area is 115 Å². The van der Waals surface area contributed by atoms with Crippen molar-refractivity contribution in [1.29, 1.82) is 0 Å². The minimum Gasteiger partial charge on any atom is -0.398 e. The second-order valence-electron chi connectivity index (χ2n) is 5.64. The highest BCUT2D eigenvalue weighted by Crippen LogP contribution is 2.27. The zero-order valence-corrected chi connectivity index (χ0v) is 11.9. The summed E-state index contributed by atoms with van der Waals surface area (Å²) < 4.78 is 0. The van der Waals surface area contributed by atoms with Crippen molar-refractivity contribution in [3.63, 3.8) is 0 Å². The highest BCUT2D eigenvalue weighted by molar-refractivity contribution is 6.00. The van der Waals surface area contributed by atoms with Crippen LogP contribution in [0.4, 0.5) is 5.69 Å². The maximum atomic E-state index is 12.3. The molecule has 1 aromatic carbocycles. The van der Waals surface area contributed by atoms with Gasteiger partial charge in [0.2, 0.25) is 0 Å². The largest absolute Gasteiger partial charge is 0.398 e. The van der Waals surface area contributed by atoms with E-state index in [0.717, 1.165) is 24.3 Å². The molecule has 1 amide bonds. The van der Waals surface area contributed by atoms with Crippen molar-refractivity contribution in [2.45, 2.75) is 52.0 Å². The lowest BCUT2D eigenvalue weighted by Crippen LogP contribution is -2.38. The summed E-state index contributed by atoms with van der Waals surface area (Å²) in [5.74, 6) is 0.826. The lowest BCUT2D eigenvalue weighted by atomic mass is 9.84. The van der Waals surface area contributed by atoms with Crippen LogP contribution in [-0.4, -0.2) is 11.9 Å². The molecular weight excluding hydrogens is 236 g/mol. The molecule has 0 radical (unpaired) electrons. The summed E-state index contributed by atoms with van der Waals surface area (Å²) in [5, 5.41) is 3.14. The number of nitrogen functional groups attached to an aromatic ring is 1. The van der Waals surface area contributed by atoms with Crippen LogP contribution >= 0.6 is 0 Å². The Kier molecular flexibility index (Phi) is 4.46. The molecule has 0 heterocycles. The van der Waals surface area contributed by atoms with Crippen molar-refractivity contribution in [2.75, 3.05) is 5.73 Å². The van der Waals surface area contributed by atoms with Crippen LogP contribution < -0.4 is 11.1 Å². The van der Waals surface area contributed by atoms with Gasteiger partial charge in [0.25, 0.3) is 5.91 Å². The monoisotopic (exact) mass is 260 g/mol. The van der Waals surface area contributed by atoms with Gasteiger partial charge in [-0.3, -0.25) is 4.79 Å². The fraction of sp³-hybridized carbons (Fsp3) is 0.562. The van der Waals surface area contributed by atoms with Gasteiger partial charge in [-0.05, 0) is 50.2 Å². The highest BCUT2D eigenvalue weighted by Gasteiger charge is 2.22. The Morgan fingerprint density at radius 3 is 2.58 bits per heavy atom. The number of hydrogen-bond donors (Lipinski definition) is 2. The van der Waals surface area contributed by atoms with Gasteiger partial charge in [0.15, 0.2) is 0 Å². The third-order valence-corrected chi connectivity index (χ3v) is 4.29. The van der Waals surface area contributed by atoms with Gasteiger partial charge in [-0.15, -0.1) is 0 Å². The van der Waals surface area contributed by atoms with E-state index in [-0.39, 0.29) is 5.91 Å². The van der Waals surface area contributed by atoms with Gasteiger partial charge >= 0.3 is 0 Å². The SMILES string of the molecule is CCC1CCC(NC(=O)c2c(C)cccc2N)CC1. The van der Waals surface area contributed by atoms with E-state index in [1.165, 1.54) is 19.3 Å². The van der Waals surface area contributed by atoms with E-state index in [9.17, 15) is 4.79 Å². The summed E-state index contributed by atoms with van der Waals surface area (Å²) in [4.78, 5) is 12.3. The minimum absolute atomic E-state index is 0.0180. The first-order valence-corrected chi connectivity index (χ1v) is 7.27. The van der Waals surface area contributed by atoms with Gasteiger partial charge < -0.3 is 11.1 Å². The van der Waals surface area contributed by atoms with Crippen LogP contribution in [0.25, 0.3) is 0 Å². The molecule has 0 aliphatic heterocycles. The third kappa shape index (κ3) is 3.28. The van der Waals surface area contributed by atoms with Crippen LogP contribution in [0.15, 0.2) is 18.2 Å². The van der Waals surface area contributed by atoms with Gasteiger partial charge in [-0.25, -0.2) is 0 Å². The van der Waals surface area contributed by atoms with E-state index >= 15 is 0 Å². The van der Waals surface area contributed by atoms with Crippen molar-refractivity contribution in [3.05, 3.63) is 29.3 Å². The summed E-state index contributed by atoms with van der Waals surface area (Å²) in [6.45, 7) is 4.18. The minimum atomic E-state index is -0.0180. The summed E-state index contributed by atoms with van der Waals surface area (Å²) >= 11 is 0. The predicted octanol–water partition coefficient (Wildman–Crippen LogP) is 3.28. The van der Waals surface area contributed by atoms with E-state index in [1.807, 2.05) is 19.1 Å². The Bertz CT molecular complexity index is 428.